The van der Waals surface area contributed by atoms with E-state index in [1.807, 2.05) is 0 Å². The molecule has 112 valence electrons. The van der Waals surface area contributed by atoms with Gasteiger partial charge >= 0.3 is 5.91 Å². The molecule has 0 saturated heterocycles. The molecule has 1 aliphatic rings. The minimum atomic E-state index is -4.22. The fraction of sp³-hybridized carbons (Fsp3) is 0.0667. The first kappa shape index (κ1) is 14.4. The molecule has 3 rings (SSSR count). The molecule has 5 nitrogen and oxygen atoms in total. The average molecular weight is 319 g/mol. The molecule has 0 aromatic heterocycles. The summed E-state index contributed by atoms with van der Waals surface area (Å²) in [5.74, 6) is -2.96. The summed E-state index contributed by atoms with van der Waals surface area (Å²) in [5, 5.41) is 0. The van der Waals surface area contributed by atoms with Gasteiger partial charge in [-0.25, -0.2) is 12.8 Å². The van der Waals surface area contributed by atoms with Gasteiger partial charge in [-0.3, -0.25) is 9.59 Å². The molecule has 0 N–H and O–H groups in total. The third-order valence-electron chi connectivity index (χ3n) is 3.36. The zero-order valence-electron chi connectivity index (χ0n) is 11.4. The maximum atomic E-state index is 13.2. The summed E-state index contributed by atoms with van der Waals surface area (Å²) in [6, 6.07) is 8.84. The predicted molar refractivity (Wildman–Crippen MR) is 76.6 cm³/mol. The van der Waals surface area contributed by atoms with E-state index in [1.54, 1.807) is 19.1 Å². The molecule has 0 bridgehead atoms. The highest BCUT2D eigenvalue weighted by atomic mass is 32.2. The number of hydrogen-bond acceptors (Lipinski definition) is 4. The van der Waals surface area contributed by atoms with Crippen LogP contribution < -0.4 is 4.31 Å². The fourth-order valence-electron chi connectivity index (χ4n) is 2.24. The van der Waals surface area contributed by atoms with Gasteiger partial charge < -0.3 is 0 Å². The van der Waals surface area contributed by atoms with Gasteiger partial charge in [-0.15, -0.1) is 0 Å². The minimum Gasteiger partial charge on any atom is -0.283 e. The van der Waals surface area contributed by atoms with Crippen LogP contribution >= 0.6 is 0 Å². The Bertz CT molecular complexity index is 904. The first-order chi connectivity index (χ1) is 10.3. The highest BCUT2D eigenvalue weighted by molar-refractivity contribution is 7.93. The van der Waals surface area contributed by atoms with E-state index in [4.69, 9.17) is 0 Å². The lowest BCUT2D eigenvalue weighted by atomic mass is 10.1. The van der Waals surface area contributed by atoms with Crippen LogP contribution in [0.2, 0.25) is 0 Å². The van der Waals surface area contributed by atoms with Crippen molar-refractivity contribution in [3.63, 3.8) is 0 Å². The number of benzene rings is 2. The van der Waals surface area contributed by atoms with Crippen LogP contribution in [0.25, 0.3) is 0 Å². The number of carbonyl (C=O) groups is 2. The van der Waals surface area contributed by atoms with E-state index in [-0.39, 0.29) is 16.1 Å². The molecule has 7 heteroatoms. The Labute approximate surface area is 126 Å². The molecule has 0 fully saturated rings. The maximum Gasteiger partial charge on any atom is 0.313 e. The van der Waals surface area contributed by atoms with Gasteiger partial charge in [0.05, 0.1) is 16.1 Å². The van der Waals surface area contributed by atoms with Gasteiger partial charge in [-0.2, -0.15) is 4.31 Å². The van der Waals surface area contributed by atoms with Crippen molar-refractivity contribution >= 4 is 27.4 Å². The van der Waals surface area contributed by atoms with Crippen LogP contribution in [0, 0.1) is 12.7 Å². The summed E-state index contributed by atoms with van der Waals surface area (Å²) >= 11 is 0. The van der Waals surface area contributed by atoms with E-state index in [1.165, 1.54) is 12.1 Å². The number of nitrogens with zero attached hydrogens (tertiary/aromatic N) is 1. The molecule has 2 aromatic carbocycles. The van der Waals surface area contributed by atoms with E-state index < -0.39 is 27.5 Å². The second-order valence-corrected chi connectivity index (χ2v) is 6.66. The van der Waals surface area contributed by atoms with Gasteiger partial charge in [0.2, 0.25) is 0 Å². The van der Waals surface area contributed by atoms with Crippen LogP contribution in [-0.4, -0.2) is 20.1 Å². The summed E-state index contributed by atoms with van der Waals surface area (Å²) < 4.78 is 38.9. The van der Waals surface area contributed by atoms with Crippen LogP contribution in [0.4, 0.5) is 10.1 Å². The van der Waals surface area contributed by atoms with Crippen LogP contribution in [0.3, 0.4) is 0 Å². The summed E-state index contributed by atoms with van der Waals surface area (Å²) in [6.45, 7) is 1.79. The molecule has 2 aromatic rings. The number of carbonyl (C=O) groups excluding carboxylic acids is 2. The molecule has 0 saturated carbocycles. The predicted octanol–water partition coefficient (Wildman–Crippen LogP) is 2.05. The van der Waals surface area contributed by atoms with Crippen molar-refractivity contribution < 1.29 is 22.4 Å². The van der Waals surface area contributed by atoms with Gasteiger partial charge in [0, 0.05) is 0 Å². The third-order valence-corrected chi connectivity index (χ3v) is 5.07. The number of amides is 1. The second-order valence-electron chi connectivity index (χ2n) is 4.88. The minimum absolute atomic E-state index is 0.114. The zero-order chi connectivity index (χ0) is 16.1. The highest BCUT2D eigenvalue weighted by Crippen LogP contribution is 2.34. The topological polar surface area (TPSA) is 71.5 Å². The number of hydrogen-bond donors (Lipinski definition) is 0. The van der Waals surface area contributed by atoms with Crippen molar-refractivity contribution in [2.75, 3.05) is 4.31 Å². The Hall–Kier alpha value is -2.54. The average Bonchev–Trinajstić information content (AvgIpc) is 2.72. The van der Waals surface area contributed by atoms with E-state index in [0.29, 0.717) is 4.31 Å². The van der Waals surface area contributed by atoms with E-state index in [0.717, 1.165) is 23.8 Å². The fourth-order valence-corrected chi connectivity index (χ4v) is 3.65. The van der Waals surface area contributed by atoms with Crippen LogP contribution in [0.15, 0.2) is 47.4 Å². The van der Waals surface area contributed by atoms with E-state index >= 15 is 0 Å². The number of halogens is 1. The Morgan fingerprint density at radius 1 is 1.00 bits per heavy atom. The molecule has 22 heavy (non-hydrogen) atoms. The van der Waals surface area contributed by atoms with E-state index in [9.17, 15) is 22.4 Å². The third kappa shape index (κ3) is 2.01. The Kier molecular flexibility index (Phi) is 3.10. The molecule has 0 aliphatic carbocycles. The van der Waals surface area contributed by atoms with Crippen molar-refractivity contribution in [3.05, 3.63) is 59.4 Å². The van der Waals surface area contributed by atoms with Crippen molar-refractivity contribution in [1.82, 2.24) is 0 Å². The van der Waals surface area contributed by atoms with Crippen molar-refractivity contribution in [3.8, 4) is 0 Å². The largest absolute Gasteiger partial charge is 0.313 e. The smallest absolute Gasteiger partial charge is 0.283 e. The number of ketones is 1. The quantitative estimate of drug-likeness (QED) is 0.794. The van der Waals surface area contributed by atoms with E-state index in [2.05, 4.69) is 0 Å². The Morgan fingerprint density at radius 3 is 2.27 bits per heavy atom. The second kappa shape index (κ2) is 4.74. The number of fused-ring (bicyclic) bond motifs is 1. The standard InChI is InChI=1S/C15H10FNO4S/c1-9-2-5-11(6-3-9)22(20,21)17-13-7-4-10(16)8-12(13)14(18)15(17)19/h2-8H,1H3. The van der Waals surface area contributed by atoms with Crippen LogP contribution in [0.5, 0.6) is 0 Å². The molecule has 0 radical (unpaired) electrons. The first-order valence-corrected chi connectivity index (χ1v) is 7.76. The molecule has 0 spiro atoms. The number of aryl methyl sites for hydroxylation is 1. The molecule has 1 heterocycles. The lowest BCUT2D eigenvalue weighted by molar-refractivity contribution is -0.113. The zero-order valence-corrected chi connectivity index (χ0v) is 12.2. The normalized spacial score (nSPS) is 14.4. The molecule has 0 unspecified atom stereocenters. The lowest BCUT2D eigenvalue weighted by Gasteiger charge is -2.16. The maximum absolute atomic E-state index is 13.2. The molecular weight excluding hydrogens is 309 g/mol. The Morgan fingerprint density at radius 2 is 1.64 bits per heavy atom. The number of anilines is 1. The first-order valence-electron chi connectivity index (χ1n) is 6.32. The lowest BCUT2D eigenvalue weighted by Crippen LogP contribution is -2.35. The number of rotatable bonds is 2. The van der Waals surface area contributed by atoms with Gasteiger partial charge in [-0.05, 0) is 37.3 Å². The van der Waals surface area contributed by atoms with Crippen molar-refractivity contribution in [2.24, 2.45) is 0 Å². The number of sulfonamides is 1. The summed E-state index contributed by atoms with van der Waals surface area (Å²) in [7, 11) is -4.22. The van der Waals surface area contributed by atoms with Crippen molar-refractivity contribution in [2.45, 2.75) is 11.8 Å². The monoisotopic (exact) mass is 319 g/mol. The summed E-state index contributed by atoms with van der Waals surface area (Å²) in [5.41, 5.74) is 0.475. The van der Waals surface area contributed by atoms with Crippen LogP contribution in [-0.2, 0) is 14.8 Å². The Balaban J connectivity index is 2.18. The van der Waals surface area contributed by atoms with Crippen molar-refractivity contribution in [1.29, 1.82) is 0 Å². The van der Waals surface area contributed by atoms with Gasteiger partial charge in [0.25, 0.3) is 15.8 Å². The van der Waals surface area contributed by atoms with Gasteiger partial charge in [0.15, 0.2) is 0 Å². The molecule has 1 amide bonds. The molecule has 1 aliphatic heterocycles. The van der Waals surface area contributed by atoms with Crippen LogP contribution in [0.1, 0.15) is 15.9 Å². The molecule has 0 atom stereocenters. The number of Topliss-reactive ketones (excluding diaryl/α,β-unsaturated/α-hetero) is 1. The highest BCUT2D eigenvalue weighted by Gasteiger charge is 2.43. The SMILES string of the molecule is Cc1ccc(S(=O)(=O)N2C(=O)C(=O)c3cc(F)ccc32)cc1. The summed E-state index contributed by atoms with van der Waals surface area (Å²) in [6.07, 6.45) is 0. The van der Waals surface area contributed by atoms with Gasteiger partial charge in [-0.1, -0.05) is 17.7 Å². The summed E-state index contributed by atoms with van der Waals surface area (Å²) in [4.78, 5) is 23.8. The van der Waals surface area contributed by atoms with Gasteiger partial charge in [0.1, 0.15) is 5.82 Å². The molecular formula is C15H10FNO4S.